The maximum atomic E-state index is 11.4. The van der Waals surface area contributed by atoms with E-state index in [1.54, 1.807) is 36.4 Å². The molecule has 23 heavy (non-hydrogen) atoms. The number of nitrogens with one attached hydrogen (secondary N) is 1. The number of carbonyl (C=O) groups excluding carboxylic acids is 1. The smallest absolute Gasteiger partial charge is 0.348 e. The highest BCUT2D eigenvalue weighted by molar-refractivity contribution is 7.99. The molecular formula is C14H13N5O3S. The van der Waals surface area contributed by atoms with Gasteiger partial charge in [0.05, 0.1) is 4.92 Å². The lowest BCUT2D eigenvalue weighted by Crippen LogP contribution is -2.25. The van der Waals surface area contributed by atoms with Gasteiger partial charge in [-0.15, -0.1) is 0 Å². The van der Waals surface area contributed by atoms with Gasteiger partial charge in [0, 0.05) is 27.6 Å². The first-order valence-corrected chi connectivity index (χ1v) is 7.18. The molecule has 5 N–H and O–H groups in total. The van der Waals surface area contributed by atoms with Crippen LogP contribution in [0.1, 0.15) is 0 Å². The predicted octanol–water partition coefficient (Wildman–Crippen LogP) is 2.55. The molecule has 2 aromatic rings. The van der Waals surface area contributed by atoms with E-state index in [0.29, 0.717) is 5.69 Å². The third-order valence-electron chi connectivity index (χ3n) is 2.62. The molecule has 2 rings (SSSR count). The SMILES string of the molecule is NC(N)=NC(=O)Nc1ccc(Sc2ccc([N+](=O)[O-])cc2)cc1. The molecule has 0 heterocycles. The summed E-state index contributed by atoms with van der Waals surface area (Å²) in [5.41, 5.74) is 10.8. The number of non-ortho nitro benzene ring substituents is 1. The summed E-state index contributed by atoms with van der Waals surface area (Å²) in [5.74, 6) is -0.312. The van der Waals surface area contributed by atoms with Crippen molar-refractivity contribution in [1.29, 1.82) is 0 Å². The highest BCUT2D eigenvalue weighted by Crippen LogP contribution is 2.29. The Morgan fingerprint density at radius 1 is 1.04 bits per heavy atom. The number of benzene rings is 2. The number of rotatable bonds is 4. The summed E-state index contributed by atoms with van der Waals surface area (Å²) < 4.78 is 0. The van der Waals surface area contributed by atoms with Gasteiger partial charge in [0.15, 0.2) is 5.96 Å². The second kappa shape index (κ2) is 7.27. The van der Waals surface area contributed by atoms with Crippen molar-refractivity contribution in [2.24, 2.45) is 16.5 Å². The molecule has 0 aromatic heterocycles. The first-order chi connectivity index (χ1) is 10.9. The van der Waals surface area contributed by atoms with Crippen LogP contribution in [0, 0.1) is 10.1 Å². The Kier molecular flexibility index (Phi) is 5.15. The largest absolute Gasteiger partial charge is 0.370 e. The van der Waals surface area contributed by atoms with Crippen LogP contribution in [0.2, 0.25) is 0 Å². The number of amides is 2. The highest BCUT2D eigenvalue weighted by atomic mass is 32.2. The topological polar surface area (TPSA) is 137 Å². The number of carbonyl (C=O) groups is 1. The fourth-order valence-corrected chi connectivity index (χ4v) is 2.46. The predicted molar refractivity (Wildman–Crippen MR) is 88.5 cm³/mol. The molecule has 0 aliphatic carbocycles. The van der Waals surface area contributed by atoms with Gasteiger partial charge in [0.2, 0.25) is 0 Å². The number of guanidine groups is 1. The first-order valence-electron chi connectivity index (χ1n) is 6.37. The van der Waals surface area contributed by atoms with Gasteiger partial charge >= 0.3 is 6.03 Å². The molecule has 0 fully saturated rings. The quantitative estimate of drug-likeness (QED) is 0.341. The van der Waals surface area contributed by atoms with E-state index in [4.69, 9.17) is 11.5 Å². The molecule has 0 atom stereocenters. The standard InChI is InChI=1S/C14H13N5O3S/c15-13(16)18-14(20)17-9-1-5-11(6-2-9)23-12-7-3-10(4-8-12)19(21)22/h1-8H,(H5,15,16,17,18,20). The Labute approximate surface area is 135 Å². The Hall–Kier alpha value is -3.07. The molecule has 0 bridgehead atoms. The van der Waals surface area contributed by atoms with Crippen molar-refractivity contribution in [3.05, 3.63) is 58.6 Å². The lowest BCUT2D eigenvalue weighted by atomic mass is 10.3. The summed E-state index contributed by atoms with van der Waals surface area (Å²) in [7, 11) is 0. The molecular weight excluding hydrogens is 318 g/mol. The third kappa shape index (κ3) is 5.00. The minimum atomic E-state index is -0.652. The van der Waals surface area contributed by atoms with E-state index in [1.165, 1.54) is 23.9 Å². The van der Waals surface area contributed by atoms with Gasteiger partial charge in [-0.1, -0.05) is 11.8 Å². The summed E-state index contributed by atoms with van der Waals surface area (Å²) in [6, 6.07) is 12.6. The van der Waals surface area contributed by atoms with E-state index in [9.17, 15) is 14.9 Å². The molecule has 8 nitrogen and oxygen atoms in total. The molecule has 0 radical (unpaired) electrons. The molecule has 0 saturated heterocycles. The number of anilines is 1. The van der Waals surface area contributed by atoms with Gasteiger partial charge < -0.3 is 16.8 Å². The number of urea groups is 1. The molecule has 0 spiro atoms. The zero-order valence-electron chi connectivity index (χ0n) is 11.8. The summed E-state index contributed by atoms with van der Waals surface area (Å²) >= 11 is 1.44. The zero-order valence-corrected chi connectivity index (χ0v) is 12.6. The lowest BCUT2D eigenvalue weighted by molar-refractivity contribution is -0.384. The number of nitro groups is 1. The van der Waals surface area contributed by atoms with Crippen LogP contribution in [-0.2, 0) is 0 Å². The van der Waals surface area contributed by atoms with Crippen molar-refractivity contribution in [2.75, 3.05) is 5.32 Å². The highest BCUT2D eigenvalue weighted by Gasteiger charge is 2.05. The van der Waals surface area contributed by atoms with E-state index in [1.807, 2.05) is 0 Å². The monoisotopic (exact) mass is 331 g/mol. The van der Waals surface area contributed by atoms with Crippen LogP contribution >= 0.6 is 11.8 Å². The maximum absolute atomic E-state index is 11.4. The fourth-order valence-electron chi connectivity index (χ4n) is 1.65. The number of nitrogens with zero attached hydrogens (tertiary/aromatic N) is 2. The third-order valence-corrected chi connectivity index (χ3v) is 3.64. The number of nitrogens with two attached hydrogens (primary N) is 2. The van der Waals surface area contributed by atoms with E-state index >= 15 is 0 Å². The van der Waals surface area contributed by atoms with Crippen LogP contribution in [0.4, 0.5) is 16.2 Å². The fraction of sp³-hybridized carbons (Fsp3) is 0. The van der Waals surface area contributed by atoms with Crippen molar-refractivity contribution in [3.8, 4) is 0 Å². The summed E-state index contributed by atoms with van der Waals surface area (Å²) in [6.45, 7) is 0. The van der Waals surface area contributed by atoms with Crippen molar-refractivity contribution in [1.82, 2.24) is 0 Å². The van der Waals surface area contributed by atoms with Crippen LogP contribution in [0.3, 0.4) is 0 Å². The summed E-state index contributed by atoms with van der Waals surface area (Å²) in [4.78, 5) is 26.7. The molecule has 2 aromatic carbocycles. The average molecular weight is 331 g/mol. The van der Waals surface area contributed by atoms with Crippen LogP contribution in [-0.4, -0.2) is 16.9 Å². The van der Waals surface area contributed by atoms with E-state index < -0.39 is 11.0 Å². The second-order valence-corrected chi connectivity index (χ2v) is 5.49. The van der Waals surface area contributed by atoms with Gasteiger partial charge in [-0.05, 0) is 36.4 Å². The van der Waals surface area contributed by atoms with Crippen molar-refractivity contribution in [2.45, 2.75) is 9.79 Å². The Balaban J connectivity index is 2.01. The van der Waals surface area contributed by atoms with Crippen molar-refractivity contribution < 1.29 is 9.72 Å². The minimum absolute atomic E-state index is 0.0483. The minimum Gasteiger partial charge on any atom is -0.370 e. The van der Waals surface area contributed by atoms with Crippen molar-refractivity contribution in [3.63, 3.8) is 0 Å². The van der Waals surface area contributed by atoms with Crippen LogP contribution in [0.5, 0.6) is 0 Å². The van der Waals surface area contributed by atoms with Crippen LogP contribution < -0.4 is 16.8 Å². The van der Waals surface area contributed by atoms with Crippen molar-refractivity contribution >= 4 is 35.1 Å². The average Bonchev–Trinajstić information content (AvgIpc) is 2.49. The Bertz CT molecular complexity index is 740. The number of hydrogen-bond acceptors (Lipinski definition) is 4. The molecule has 0 unspecified atom stereocenters. The molecule has 0 aliphatic heterocycles. The van der Waals surface area contributed by atoms with Crippen LogP contribution in [0.15, 0.2) is 63.3 Å². The lowest BCUT2D eigenvalue weighted by Gasteiger charge is -2.04. The molecule has 0 saturated carbocycles. The van der Waals surface area contributed by atoms with Gasteiger partial charge in [-0.25, -0.2) is 4.79 Å². The van der Waals surface area contributed by atoms with E-state index in [-0.39, 0.29) is 11.6 Å². The Morgan fingerprint density at radius 2 is 1.57 bits per heavy atom. The number of hydrogen-bond donors (Lipinski definition) is 3. The van der Waals surface area contributed by atoms with Gasteiger partial charge in [0.1, 0.15) is 0 Å². The van der Waals surface area contributed by atoms with Gasteiger partial charge in [0.25, 0.3) is 5.69 Å². The molecule has 2 amide bonds. The Morgan fingerprint density at radius 3 is 2.04 bits per heavy atom. The molecule has 9 heteroatoms. The van der Waals surface area contributed by atoms with Gasteiger partial charge in [-0.2, -0.15) is 4.99 Å². The van der Waals surface area contributed by atoms with E-state index in [0.717, 1.165) is 9.79 Å². The maximum Gasteiger partial charge on any atom is 0.348 e. The van der Waals surface area contributed by atoms with Crippen LogP contribution in [0.25, 0.3) is 0 Å². The zero-order chi connectivity index (χ0) is 16.8. The summed E-state index contributed by atoms with van der Waals surface area (Å²) in [5, 5.41) is 13.1. The second-order valence-electron chi connectivity index (χ2n) is 4.34. The summed E-state index contributed by atoms with van der Waals surface area (Å²) in [6.07, 6.45) is 0. The number of nitro benzene ring substituents is 1. The number of aliphatic imine (C=N–C) groups is 1. The first kappa shape index (κ1) is 16.3. The van der Waals surface area contributed by atoms with Gasteiger partial charge in [-0.3, -0.25) is 10.1 Å². The molecule has 0 aliphatic rings. The van der Waals surface area contributed by atoms with E-state index in [2.05, 4.69) is 10.3 Å². The normalized spacial score (nSPS) is 9.91. The molecule has 118 valence electrons.